The average Bonchev–Trinajstić information content (AvgIpc) is 3.10. The van der Waals surface area contributed by atoms with E-state index >= 15 is 0 Å². The molecule has 0 radical (unpaired) electrons. The third-order valence-corrected chi connectivity index (χ3v) is 4.73. The van der Waals surface area contributed by atoms with Gasteiger partial charge in [0.2, 0.25) is 0 Å². The molecule has 1 heterocycles. The van der Waals surface area contributed by atoms with Gasteiger partial charge >= 0.3 is 0 Å². The zero-order valence-corrected chi connectivity index (χ0v) is 14.9. The number of halogens is 1. The van der Waals surface area contributed by atoms with Crippen LogP contribution in [0.15, 0.2) is 47.8 Å². The van der Waals surface area contributed by atoms with Gasteiger partial charge in [-0.25, -0.2) is 4.98 Å². The fourth-order valence-corrected chi connectivity index (χ4v) is 3.28. The number of thiazole rings is 1. The molecule has 0 unspecified atom stereocenters. The number of nitro groups is 1. The number of benzene rings is 2. The van der Waals surface area contributed by atoms with Crippen LogP contribution in [-0.4, -0.2) is 15.8 Å². The Labute approximate surface area is 157 Å². The van der Waals surface area contributed by atoms with Crippen molar-refractivity contribution >= 4 is 39.7 Å². The summed E-state index contributed by atoms with van der Waals surface area (Å²) in [4.78, 5) is 27.1. The molecule has 0 spiro atoms. The Morgan fingerprint density at radius 1 is 1.31 bits per heavy atom. The fraction of sp³-hybridized carbons (Fsp3) is 0.0588. The van der Waals surface area contributed by atoms with Crippen molar-refractivity contribution < 1.29 is 9.72 Å². The number of aromatic nitrogens is 1. The van der Waals surface area contributed by atoms with E-state index in [9.17, 15) is 14.9 Å². The van der Waals surface area contributed by atoms with E-state index in [1.807, 2.05) is 24.3 Å². The Balaban J connectivity index is 1.85. The van der Waals surface area contributed by atoms with Gasteiger partial charge in [0, 0.05) is 29.6 Å². The second kappa shape index (κ2) is 7.61. The molecule has 0 aliphatic carbocycles. The molecule has 7 nitrogen and oxygen atoms in total. The van der Waals surface area contributed by atoms with E-state index in [0.29, 0.717) is 17.4 Å². The third-order valence-electron chi connectivity index (χ3n) is 3.64. The zero-order chi connectivity index (χ0) is 18.7. The molecule has 3 rings (SSSR count). The summed E-state index contributed by atoms with van der Waals surface area (Å²) in [6, 6.07) is 11.3. The van der Waals surface area contributed by atoms with E-state index in [0.717, 1.165) is 17.2 Å². The Hall–Kier alpha value is -2.81. The molecule has 0 aliphatic heterocycles. The van der Waals surface area contributed by atoms with Crippen LogP contribution < -0.4 is 11.1 Å². The molecule has 0 saturated carbocycles. The molecule has 0 bridgehead atoms. The largest absolute Gasteiger partial charge is 0.326 e. The minimum absolute atomic E-state index is 0.0139. The number of carbonyl (C=O) groups excluding carboxylic acids is 1. The van der Waals surface area contributed by atoms with E-state index in [4.69, 9.17) is 17.3 Å². The summed E-state index contributed by atoms with van der Waals surface area (Å²) < 4.78 is 0. The van der Waals surface area contributed by atoms with Gasteiger partial charge in [-0.1, -0.05) is 35.9 Å². The van der Waals surface area contributed by atoms with Crippen LogP contribution in [0.1, 0.15) is 15.9 Å². The highest BCUT2D eigenvalue weighted by Gasteiger charge is 2.17. The molecule has 9 heteroatoms. The maximum atomic E-state index is 12.4. The number of nitro benzene ring substituents is 1. The molecule has 0 saturated heterocycles. The molecular weight excluding hydrogens is 376 g/mol. The minimum Gasteiger partial charge on any atom is -0.326 e. The van der Waals surface area contributed by atoms with Crippen LogP contribution in [0, 0.1) is 10.1 Å². The summed E-state index contributed by atoms with van der Waals surface area (Å²) in [6.45, 7) is 0.374. The summed E-state index contributed by atoms with van der Waals surface area (Å²) in [7, 11) is 0. The number of nitrogens with zero attached hydrogens (tertiary/aromatic N) is 2. The molecule has 0 atom stereocenters. The molecule has 2 aromatic carbocycles. The number of non-ortho nitro benzene ring substituents is 1. The predicted molar refractivity (Wildman–Crippen MR) is 102 cm³/mol. The van der Waals surface area contributed by atoms with Crippen LogP contribution in [0.2, 0.25) is 5.02 Å². The van der Waals surface area contributed by atoms with Crippen LogP contribution in [0.3, 0.4) is 0 Å². The van der Waals surface area contributed by atoms with Crippen LogP contribution in [0.5, 0.6) is 0 Å². The van der Waals surface area contributed by atoms with Crippen LogP contribution >= 0.6 is 22.9 Å². The van der Waals surface area contributed by atoms with Gasteiger partial charge in [-0.05, 0) is 11.6 Å². The van der Waals surface area contributed by atoms with Crippen molar-refractivity contribution in [2.45, 2.75) is 6.54 Å². The second-order valence-electron chi connectivity index (χ2n) is 5.27. The van der Waals surface area contributed by atoms with Gasteiger partial charge in [0.15, 0.2) is 5.13 Å². The summed E-state index contributed by atoms with van der Waals surface area (Å²) in [5, 5.41) is 15.8. The first-order chi connectivity index (χ1) is 12.5. The van der Waals surface area contributed by atoms with Gasteiger partial charge in [0.1, 0.15) is 0 Å². The molecule has 1 aromatic heterocycles. The lowest BCUT2D eigenvalue weighted by molar-refractivity contribution is -0.384. The Kier molecular flexibility index (Phi) is 5.27. The Morgan fingerprint density at radius 2 is 2.08 bits per heavy atom. The number of anilines is 1. The fourth-order valence-electron chi connectivity index (χ4n) is 2.37. The highest BCUT2D eigenvalue weighted by molar-refractivity contribution is 7.14. The van der Waals surface area contributed by atoms with E-state index < -0.39 is 10.8 Å². The predicted octanol–water partition coefficient (Wildman–Crippen LogP) is 4.08. The lowest BCUT2D eigenvalue weighted by atomic mass is 10.1. The molecular formula is C17H13ClN4O3S. The standard InChI is InChI=1S/C17H13ClN4O3S/c18-14-6-5-11(22(24)25)7-13(14)16(23)21-17-20-15(9-26-17)12-4-2-1-3-10(12)8-19/h1-7,9H,8,19H2,(H,20,21,23). The van der Waals surface area contributed by atoms with Crippen molar-refractivity contribution in [2.75, 3.05) is 5.32 Å². The lowest BCUT2D eigenvalue weighted by Crippen LogP contribution is -2.12. The van der Waals surface area contributed by atoms with Gasteiger partial charge in [-0.2, -0.15) is 0 Å². The monoisotopic (exact) mass is 388 g/mol. The summed E-state index contributed by atoms with van der Waals surface area (Å²) >= 11 is 7.23. The van der Waals surface area contributed by atoms with Crippen molar-refractivity contribution in [2.24, 2.45) is 5.73 Å². The maximum Gasteiger partial charge on any atom is 0.270 e. The molecule has 3 N–H and O–H groups in total. The normalized spacial score (nSPS) is 10.5. The first-order valence-corrected chi connectivity index (χ1v) is 8.74. The lowest BCUT2D eigenvalue weighted by Gasteiger charge is -2.05. The van der Waals surface area contributed by atoms with Gasteiger partial charge in [0.25, 0.3) is 11.6 Å². The first-order valence-electron chi connectivity index (χ1n) is 7.48. The number of rotatable bonds is 5. The third kappa shape index (κ3) is 3.72. The molecule has 0 aliphatic rings. The quantitative estimate of drug-likeness (QED) is 0.505. The highest BCUT2D eigenvalue weighted by atomic mass is 35.5. The van der Waals surface area contributed by atoms with Crippen LogP contribution in [0.4, 0.5) is 10.8 Å². The number of hydrogen-bond acceptors (Lipinski definition) is 6. The Bertz CT molecular complexity index is 990. The summed E-state index contributed by atoms with van der Waals surface area (Å²) in [5.41, 5.74) is 8.07. The van der Waals surface area contributed by atoms with Crippen molar-refractivity contribution in [3.05, 3.63) is 74.1 Å². The molecule has 3 aromatic rings. The number of nitrogens with two attached hydrogens (primary N) is 1. The van der Waals surface area contributed by atoms with Crippen LogP contribution in [0.25, 0.3) is 11.3 Å². The van der Waals surface area contributed by atoms with Gasteiger partial charge < -0.3 is 5.73 Å². The van der Waals surface area contributed by atoms with Crippen molar-refractivity contribution in [3.8, 4) is 11.3 Å². The van der Waals surface area contributed by atoms with E-state index in [1.165, 1.54) is 23.5 Å². The smallest absolute Gasteiger partial charge is 0.270 e. The van der Waals surface area contributed by atoms with Crippen molar-refractivity contribution in [1.29, 1.82) is 0 Å². The van der Waals surface area contributed by atoms with Crippen LogP contribution in [-0.2, 0) is 6.54 Å². The molecule has 1 amide bonds. The van der Waals surface area contributed by atoms with E-state index in [1.54, 1.807) is 5.38 Å². The Morgan fingerprint density at radius 3 is 2.81 bits per heavy atom. The molecule has 132 valence electrons. The highest BCUT2D eigenvalue weighted by Crippen LogP contribution is 2.29. The van der Waals surface area contributed by atoms with Crippen molar-refractivity contribution in [1.82, 2.24) is 4.98 Å². The first kappa shape index (κ1) is 18.0. The number of nitrogens with one attached hydrogen (secondary N) is 1. The van der Waals surface area contributed by atoms with Gasteiger partial charge in [-0.15, -0.1) is 11.3 Å². The van der Waals surface area contributed by atoms with Gasteiger partial charge in [-0.3, -0.25) is 20.2 Å². The number of amides is 1. The summed E-state index contributed by atoms with van der Waals surface area (Å²) in [5.74, 6) is -0.563. The topological polar surface area (TPSA) is 111 Å². The van der Waals surface area contributed by atoms with E-state index in [-0.39, 0.29) is 16.3 Å². The van der Waals surface area contributed by atoms with E-state index in [2.05, 4.69) is 10.3 Å². The maximum absolute atomic E-state index is 12.4. The molecule has 26 heavy (non-hydrogen) atoms. The number of carbonyl (C=O) groups is 1. The van der Waals surface area contributed by atoms with Gasteiger partial charge in [0.05, 0.1) is 21.2 Å². The zero-order valence-electron chi connectivity index (χ0n) is 13.3. The van der Waals surface area contributed by atoms with Crippen molar-refractivity contribution in [3.63, 3.8) is 0 Å². The minimum atomic E-state index is -0.585. The molecule has 0 fully saturated rings. The second-order valence-corrected chi connectivity index (χ2v) is 6.54. The summed E-state index contributed by atoms with van der Waals surface area (Å²) in [6.07, 6.45) is 0. The average molecular weight is 389 g/mol. The number of hydrogen-bond donors (Lipinski definition) is 2. The SMILES string of the molecule is NCc1ccccc1-c1csc(NC(=O)c2cc([N+](=O)[O-])ccc2Cl)n1.